The van der Waals surface area contributed by atoms with Crippen LogP contribution in [0.4, 0.5) is 4.79 Å². The normalized spacial score (nSPS) is 17.7. The van der Waals surface area contributed by atoms with Gasteiger partial charge in [0.15, 0.2) is 11.5 Å². The van der Waals surface area contributed by atoms with Crippen molar-refractivity contribution in [2.24, 2.45) is 0 Å². The summed E-state index contributed by atoms with van der Waals surface area (Å²) < 4.78 is 29.4. The third-order valence-corrected chi connectivity index (χ3v) is 6.64. The SMILES string of the molecule is COc1cc2c(cc1OC(=O)OC(C)(C)C)O[C@H](OC(C)c1c(C)cc(C)cc1C)C[C@@H]2c1ccccc1. The predicted molar refractivity (Wildman–Crippen MR) is 147 cm³/mol. The Bertz CT molecular complexity index is 1270. The molecule has 1 unspecified atom stereocenters. The Balaban J connectivity index is 1.68. The number of ether oxygens (including phenoxy) is 5. The van der Waals surface area contributed by atoms with E-state index in [-0.39, 0.29) is 17.8 Å². The van der Waals surface area contributed by atoms with E-state index in [9.17, 15) is 4.79 Å². The Hall–Kier alpha value is -3.51. The van der Waals surface area contributed by atoms with Crippen molar-refractivity contribution in [2.75, 3.05) is 7.11 Å². The van der Waals surface area contributed by atoms with Crippen LogP contribution >= 0.6 is 0 Å². The van der Waals surface area contributed by atoms with E-state index in [0.29, 0.717) is 17.9 Å². The first-order valence-electron chi connectivity index (χ1n) is 13.0. The lowest BCUT2D eigenvalue weighted by Gasteiger charge is -2.35. The van der Waals surface area contributed by atoms with Gasteiger partial charge >= 0.3 is 6.16 Å². The first kappa shape index (κ1) is 27.5. The molecule has 0 aromatic heterocycles. The summed E-state index contributed by atoms with van der Waals surface area (Å²) in [5.74, 6) is 1.24. The zero-order valence-corrected chi connectivity index (χ0v) is 23.6. The Morgan fingerprint density at radius 2 is 1.63 bits per heavy atom. The van der Waals surface area contributed by atoms with Gasteiger partial charge in [0.05, 0.1) is 13.2 Å². The maximum Gasteiger partial charge on any atom is 0.514 e. The lowest BCUT2D eigenvalue weighted by molar-refractivity contribution is -0.127. The van der Waals surface area contributed by atoms with Gasteiger partial charge in [-0.1, -0.05) is 48.0 Å². The van der Waals surface area contributed by atoms with Gasteiger partial charge in [-0.2, -0.15) is 0 Å². The third kappa shape index (κ3) is 6.30. The maximum absolute atomic E-state index is 12.4. The molecule has 0 N–H and O–H groups in total. The monoisotopic (exact) mass is 518 g/mol. The fourth-order valence-corrected chi connectivity index (χ4v) is 5.25. The summed E-state index contributed by atoms with van der Waals surface area (Å²) in [5, 5.41) is 0. The molecule has 0 radical (unpaired) electrons. The van der Waals surface area contributed by atoms with Crippen LogP contribution in [0.1, 0.15) is 79.5 Å². The summed E-state index contributed by atoms with van der Waals surface area (Å²) in [4.78, 5) is 12.4. The van der Waals surface area contributed by atoms with E-state index < -0.39 is 18.0 Å². The Morgan fingerprint density at radius 3 is 2.24 bits per heavy atom. The van der Waals surface area contributed by atoms with Gasteiger partial charge in [-0.15, -0.1) is 0 Å². The average molecular weight is 519 g/mol. The summed E-state index contributed by atoms with van der Waals surface area (Å²) in [5.41, 5.74) is 6.20. The van der Waals surface area contributed by atoms with E-state index in [0.717, 1.165) is 11.1 Å². The van der Waals surface area contributed by atoms with Gasteiger partial charge in [0.25, 0.3) is 0 Å². The molecule has 0 spiro atoms. The van der Waals surface area contributed by atoms with E-state index in [1.807, 2.05) is 24.3 Å². The van der Waals surface area contributed by atoms with Crippen molar-refractivity contribution in [1.82, 2.24) is 0 Å². The van der Waals surface area contributed by atoms with Crippen molar-refractivity contribution in [3.8, 4) is 17.2 Å². The van der Waals surface area contributed by atoms with Crippen LogP contribution in [0.5, 0.6) is 17.2 Å². The summed E-state index contributed by atoms with van der Waals surface area (Å²) in [6.07, 6.45) is -0.862. The van der Waals surface area contributed by atoms with Gasteiger partial charge in [0, 0.05) is 24.0 Å². The number of carbonyl (C=O) groups excluding carboxylic acids is 1. The molecule has 0 amide bonds. The van der Waals surface area contributed by atoms with Crippen molar-refractivity contribution in [2.45, 2.75) is 78.8 Å². The highest BCUT2D eigenvalue weighted by atomic mass is 16.7. The second-order valence-corrected chi connectivity index (χ2v) is 10.9. The molecule has 3 atom stereocenters. The highest BCUT2D eigenvalue weighted by molar-refractivity contribution is 5.67. The quantitative estimate of drug-likeness (QED) is 0.244. The number of hydrogen-bond donors (Lipinski definition) is 0. The van der Waals surface area contributed by atoms with Gasteiger partial charge in [-0.05, 0) is 76.8 Å². The minimum absolute atomic E-state index is 0.00170. The number of carbonyl (C=O) groups is 1. The fourth-order valence-electron chi connectivity index (χ4n) is 5.25. The van der Waals surface area contributed by atoms with E-state index >= 15 is 0 Å². The van der Waals surface area contributed by atoms with Gasteiger partial charge in [-0.3, -0.25) is 0 Å². The number of aryl methyl sites for hydroxylation is 3. The smallest absolute Gasteiger partial charge is 0.493 e. The highest BCUT2D eigenvalue weighted by Gasteiger charge is 2.34. The Morgan fingerprint density at radius 1 is 0.974 bits per heavy atom. The molecule has 0 fully saturated rings. The topological polar surface area (TPSA) is 63.2 Å². The molecule has 38 heavy (non-hydrogen) atoms. The number of hydrogen-bond acceptors (Lipinski definition) is 6. The Kier molecular flexibility index (Phi) is 8.02. The summed E-state index contributed by atoms with van der Waals surface area (Å²) in [6.45, 7) is 13.8. The molecule has 6 heteroatoms. The summed E-state index contributed by atoms with van der Waals surface area (Å²) >= 11 is 0. The van der Waals surface area contributed by atoms with Gasteiger partial charge in [0.2, 0.25) is 6.29 Å². The molecule has 0 saturated heterocycles. The third-order valence-electron chi connectivity index (χ3n) is 6.64. The van der Waals surface area contributed by atoms with Crippen LogP contribution < -0.4 is 14.2 Å². The minimum Gasteiger partial charge on any atom is -0.493 e. The fraction of sp³-hybridized carbons (Fsp3) is 0.406. The van der Waals surface area contributed by atoms with E-state index in [4.69, 9.17) is 23.7 Å². The van der Waals surface area contributed by atoms with Gasteiger partial charge < -0.3 is 23.7 Å². The minimum atomic E-state index is -0.807. The molecule has 1 aliphatic rings. The maximum atomic E-state index is 12.4. The Labute approximate surface area is 225 Å². The van der Waals surface area contributed by atoms with Crippen molar-refractivity contribution in [3.63, 3.8) is 0 Å². The second kappa shape index (κ2) is 11.1. The molecular formula is C32H38O6. The number of rotatable bonds is 6. The largest absolute Gasteiger partial charge is 0.514 e. The zero-order chi connectivity index (χ0) is 27.6. The second-order valence-electron chi connectivity index (χ2n) is 10.9. The van der Waals surface area contributed by atoms with Crippen molar-refractivity contribution in [3.05, 3.63) is 88.0 Å². The first-order chi connectivity index (χ1) is 17.9. The van der Waals surface area contributed by atoms with Gasteiger partial charge in [-0.25, -0.2) is 4.79 Å². The zero-order valence-electron chi connectivity index (χ0n) is 23.6. The molecule has 0 aliphatic carbocycles. The van der Waals surface area contributed by atoms with E-state index in [2.05, 4.69) is 52.0 Å². The molecule has 0 bridgehead atoms. The van der Waals surface area contributed by atoms with E-state index in [1.165, 1.54) is 22.3 Å². The summed E-state index contributed by atoms with van der Waals surface area (Å²) in [6, 6.07) is 18.2. The van der Waals surface area contributed by atoms with Gasteiger partial charge in [0.1, 0.15) is 11.4 Å². The van der Waals surface area contributed by atoms with Crippen LogP contribution in [-0.4, -0.2) is 25.2 Å². The van der Waals surface area contributed by atoms with Crippen LogP contribution in [0.25, 0.3) is 0 Å². The lowest BCUT2D eigenvalue weighted by Crippen LogP contribution is -2.30. The first-order valence-corrected chi connectivity index (χ1v) is 13.0. The molecule has 4 rings (SSSR count). The molecular weight excluding hydrogens is 480 g/mol. The van der Waals surface area contributed by atoms with Crippen LogP contribution in [0, 0.1) is 20.8 Å². The highest BCUT2D eigenvalue weighted by Crippen LogP contribution is 2.46. The van der Waals surface area contributed by atoms with Crippen molar-refractivity contribution >= 4 is 6.16 Å². The lowest BCUT2D eigenvalue weighted by atomic mass is 9.85. The van der Waals surface area contributed by atoms with Crippen LogP contribution in [0.2, 0.25) is 0 Å². The molecule has 0 saturated carbocycles. The van der Waals surface area contributed by atoms with Crippen molar-refractivity contribution in [1.29, 1.82) is 0 Å². The number of methoxy groups -OCH3 is 1. The van der Waals surface area contributed by atoms with Crippen molar-refractivity contribution < 1.29 is 28.5 Å². The van der Waals surface area contributed by atoms with E-state index in [1.54, 1.807) is 33.9 Å². The summed E-state index contributed by atoms with van der Waals surface area (Å²) in [7, 11) is 1.55. The predicted octanol–water partition coefficient (Wildman–Crippen LogP) is 7.95. The standard InChI is InChI=1S/C32H38O6/c1-19-14-20(2)30(21(3)15-19)22(4)35-29-17-24(23-12-10-9-11-13-23)25-16-27(34-8)28(18-26(25)36-29)37-31(33)38-32(5,6)7/h9-16,18,22,24,29H,17H2,1-8H3/t22?,24-,29+/m1/s1. The van der Waals surface area contributed by atoms with Crippen LogP contribution in [0.15, 0.2) is 54.6 Å². The molecule has 202 valence electrons. The molecule has 1 heterocycles. The number of benzene rings is 3. The average Bonchev–Trinajstić information content (AvgIpc) is 2.81. The van der Waals surface area contributed by atoms with Crippen LogP contribution in [-0.2, 0) is 9.47 Å². The molecule has 1 aliphatic heterocycles. The molecule has 3 aromatic carbocycles. The molecule has 6 nitrogen and oxygen atoms in total. The molecule has 3 aromatic rings. The number of fused-ring (bicyclic) bond motifs is 1. The van der Waals surface area contributed by atoms with Crippen LogP contribution in [0.3, 0.4) is 0 Å².